The van der Waals surface area contributed by atoms with E-state index in [1.165, 1.54) is 5.56 Å². The molecule has 0 saturated carbocycles. The quantitative estimate of drug-likeness (QED) is 0.662. The van der Waals surface area contributed by atoms with Crippen molar-refractivity contribution in [2.24, 2.45) is 5.73 Å². The second kappa shape index (κ2) is 9.79. The van der Waals surface area contributed by atoms with Crippen molar-refractivity contribution in [3.05, 3.63) is 48.2 Å². The second-order valence-electron chi connectivity index (χ2n) is 5.68. The number of aromatic nitrogens is 2. The molecule has 2 rings (SSSR count). The lowest BCUT2D eigenvalue weighted by Crippen LogP contribution is -2.16. The summed E-state index contributed by atoms with van der Waals surface area (Å²) in [6.45, 7) is 1.48. The van der Waals surface area contributed by atoms with E-state index in [0.717, 1.165) is 51.0 Å². The van der Waals surface area contributed by atoms with Crippen LogP contribution < -0.4 is 11.1 Å². The Kier molecular flexibility index (Phi) is 7.33. The van der Waals surface area contributed by atoms with Gasteiger partial charge in [-0.05, 0) is 31.4 Å². The number of hydrogen-bond acceptors (Lipinski definition) is 3. The molecule has 0 unspecified atom stereocenters. The second-order valence-corrected chi connectivity index (χ2v) is 5.68. The molecule has 0 radical (unpaired) electrons. The van der Waals surface area contributed by atoms with Crippen LogP contribution in [0.25, 0.3) is 0 Å². The summed E-state index contributed by atoms with van der Waals surface area (Å²) in [5.74, 6) is 0.826. The van der Waals surface area contributed by atoms with E-state index in [2.05, 4.69) is 22.5 Å². The lowest BCUT2D eigenvalue weighted by Gasteiger charge is -2.09. The molecule has 1 heterocycles. The number of hydrogen-bond donors (Lipinski definition) is 2. The average Bonchev–Trinajstić information content (AvgIpc) is 3.01. The third-order valence-electron chi connectivity index (χ3n) is 3.80. The zero-order valence-corrected chi connectivity index (χ0v) is 13.6. The van der Waals surface area contributed by atoms with E-state index in [0.29, 0.717) is 6.42 Å². The molecule has 23 heavy (non-hydrogen) atoms. The van der Waals surface area contributed by atoms with E-state index in [1.54, 1.807) is 6.20 Å². The van der Waals surface area contributed by atoms with Crippen molar-refractivity contribution >= 4 is 11.7 Å². The summed E-state index contributed by atoms with van der Waals surface area (Å²) in [5, 5.41) is 7.25. The number of carbonyl (C=O) groups excluding carboxylic acids is 1. The van der Waals surface area contributed by atoms with Crippen molar-refractivity contribution in [1.29, 1.82) is 0 Å². The SMILES string of the molecule is NCCCCCCC(=O)Nc1ccnn1CCc1ccccc1. The number of nitrogens with zero attached hydrogens (tertiary/aromatic N) is 2. The Morgan fingerprint density at radius 2 is 1.87 bits per heavy atom. The summed E-state index contributed by atoms with van der Waals surface area (Å²) < 4.78 is 1.85. The van der Waals surface area contributed by atoms with Gasteiger partial charge in [-0.3, -0.25) is 4.79 Å². The fourth-order valence-corrected chi connectivity index (χ4v) is 2.49. The Morgan fingerprint density at radius 1 is 1.09 bits per heavy atom. The fraction of sp³-hybridized carbons (Fsp3) is 0.444. The minimum Gasteiger partial charge on any atom is -0.330 e. The highest BCUT2D eigenvalue weighted by Crippen LogP contribution is 2.10. The third kappa shape index (κ3) is 6.24. The van der Waals surface area contributed by atoms with Crippen LogP contribution in [0.2, 0.25) is 0 Å². The maximum Gasteiger partial charge on any atom is 0.225 e. The molecule has 0 aliphatic rings. The van der Waals surface area contributed by atoms with Gasteiger partial charge in [0.25, 0.3) is 0 Å². The van der Waals surface area contributed by atoms with E-state index < -0.39 is 0 Å². The molecule has 0 aliphatic heterocycles. The molecule has 0 bridgehead atoms. The molecular formula is C18H26N4O. The van der Waals surface area contributed by atoms with Crippen molar-refractivity contribution in [3.8, 4) is 0 Å². The minimum absolute atomic E-state index is 0.0548. The highest BCUT2D eigenvalue weighted by Gasteiger charge is 2.07. The molecule has 0 aliphatic carbocycles. The molecule has 5 heteroatoms. The maximum absolute atomic E-state index is 12.0. The molecule has 0 saturated heterocycles. The van der Waals surface area contributed by atoms with Gasteiger partial charge in [0.15, 0.2) is 0 Å². The molecule has 3 N–H and O–H groups in total. The van der Waals surface area contributed by atoms with Crippen LogP contribution in [-0.2, 0) is 17.8 Å². The summed E-state index contributed by atoms with van der Waals surface area (Å²) >= 11 is 0. The molecule has 1 aromatic heterocycles. The van der Waals surface area contributed by atoms with Crippen LogP contribution in [0.1, 0.15) is 37.7 Å². The van der Waals surface area contributed by atoms with Gasteiger partial charge < -0.3 is 11.1 Å². The molecule has 1 amide bonds. The van der Waals surface area contributed by atoms with Crippen molar-refractivity contribution in [3.63, 3.8) is 0 Å². The van der Waals surface area contributed by atoms with Crippen LogP contribution >= 0.6 is 0 Å². The Bertz CT molecular complexity index is 580. The van der Waals surface area contributed by atoms with Gasteiger partial charge in [0.1, 0.15) is 5.82 Å². The largest absolute Gasteiger partial charge is 0.330 e. The van der Waals surface area contributed by atoms with Crippen LogP contribution in [0.5, 0.6) is 0 Å². The zero-order chi connectivity index (χ0) is 16.3. The number of carbonyl (C=O) groups is 1. The maximum atomic E-state index is 12.0. The first kappa shape index (κ1) is 17.2. The number of nitrogens with two attached hydrogens (primary N) is 1. The lowest BCUT2D eigenvalue weighted by atomic mass is 10.1. The van der Waals surface area contributed by atoms with Crippen molar-refractivity contribution < 1.29 is 4.79 Å². The topological polar surface area (TPSA) is 72.9 Å². The van der Waals surface area contributed by atoms with Gasteiger partial charge in [-0.1, -0.05) is 43.2 Å². The number of aryl methyl sites for hydroxylation is 2. The molecule has 5 nitrogen and oxygen atoms in total. The molecule has 0 atom stereocenters. The van der Waals surface area contributed by atoms with Crippen LogP contribution in [0.4, 0.5) is 5.82 Å². The molecule has 0 spiro atoms. The average molecular weight is 314 g/mol. The van der Waals surface area contributed by atoms with Crippen molar-refractivity contribution in [2.45, 2.75) is 45.1 Å². The van der Waals surface area contributed by atoms with Gasteiger partial charge in [0, 0.05) is 19.0 Å². The number of nitrogens with one attached hydrogen (secondary N) is 1. The normalized spacial score (nSPS) is 10.7. The summed E-state index contributed by atoms with van der Waals surface area (Å²) in [4.78, 5) is 12.0. The van der Waals surface area contributed by atoms with Gasteiger partial charge in [-0.25, -0.2) is 4.68 Å². The van der Waals surface area contributed by atoms with E-state index in [-0.39, 0.29) is 5.91 Å². The predicted octanol–water partition coefficient (Wildman–Crippen LogP) is 2.97. The van der Waals surface area contributed by atoms with E-state index >= 15 is 0 Å². The number of amides is 1. The van der Waals surface area contributed by atoms with Crippen LogP contribution in [0.15, 0.2) is 42.6 Å². The van der Waals surface area contributed by atoms with Crippen LogP contribution in [0.3, 0.4) is 0 Å². The lowest BCUT2D eigenvalue weighted by molar-refractivity contribution is -0.116. The molecular weight excluding hydrogens is 288 g/mol. The number of unbranched alkanes of at least 4 members (excludes halogenated alkanes) is 3. The monoisotopic (exact) mass is 314 g/mol. The predicted molar refractivity (Wildman–Crippen MR) is 93.1 cm³/mol. The first-order chi connectivity index (χ1) is 11.3. The first-order valence-electron chi connectivity index (χ1n) is 8.35. The number of rotatable bonds is 10. The summed E-state index contributed by atoms with van der Waals surface area (Å²) in [5.41, 5.74) is 6.72. The van der Waals surface area contributed by atoms with Crippen molar-refractivity contribution in [2.75, 3.05) is 11.9 Å². The Balaban J connectivity index is 1.75. The van der Waals surface area contributed by atoms with Gasteiger partial charge in [-0.15, -0.1) is 0 Å². The van der Waals surface area contributed by atoms with E-state index in [1.807, 2.05) is 28.9 Å². The van der Waals surface area contributed by atoms with Crippen molar-refractivity contribution in [1.82, 2.24) is 9.78 Å². The Morgan fingerprint density at radius 3 is 2.65 bits per heavy atom. The summed E-state index contributed by atoms with van der Waals surface area (Å²) in [6, 6.07) is 12.1. The highest BCUT2D eigenvalue weighted by molar-refractivity contribution is 5.89. The number of anilines is 1. The molecule has 124 valence electrons. The Labute approximate surface area is 137 Å². The molecule has 0 fully saturated rings. The van der Waals surface area contributed by atoms with Gasteiger partial charge in [0.05, 0.1) is 6.20 Å². The zero-order valence-electron chi connectivity index (χ0n) is 13.6. The minimum atomic E-state index is 0.0548. The van der Waals surface area contributed by atoms with Gasteiger partial charge in [0.2, 0.25) is 5.91 Å². The highest BCUT2D eigenvalue weighted by atomic mass is 16.1. The molecule has 1 aromatic carbocycles. The first-order valence-corrected chi connectivity index (χ1v) is 8.35. The fourth-order valence-electron chi connectivity index (χ4n) is 2.49. The van der Waals surface area contributed by atoms with Crippen LogP contribution in [0, 0.1) is 0 Å². The number of benzene rings is 1. The Hall–Kier alpha value is -2.14. The molecule has 2 aromatic rings. The van der Waals surface area contributed by atoms with Gasteiger partial charge >= 0.3 is 0 Å². The summed E-state index contributed by atoms with van der Waals surface area (Å²) in [7, 11) is 0. The van der Waals surface area contributed by atoms with E-state index in [9.17, 15) is 4.79 Å². The van der Waals surface area contributed by atoms with Crippen LogP contribution in [-0.4, -0.2) is 22.2 Å². The van der Waals surface area contributed by atoms with Gasteiger partial charge in [-0.2, -0.15) is 5.10 Å². The van der Waals surface area contributed by atoms with E-state index in [4.69, 9.17) is 5.73 Å². The third-order valence-corrected chi connectivity index (χ3v) is 3.80. The smallest absolute Gasteiger partial charge is 0.225 e. The summed E-state index contributed by atoms with van der Waals surface area (Å²) in [6.07, 6.45) is 7.26. The standard InChI is InChI=1S/C18H26N4O/c19-13-7-2-1-6-10-18(23)21-17-11-14-20-22(17)15-12-16-8-4-3-5-9-16/h3-5,8-9,11,14H,1-2,6-7,10,12-13,15,19H2,(H,21,23).